The zero-order valence-corrected chi connectivity index (χ0v) is 13.9. The zero-order chi connectivity index (χ0) is 17.0. The summed E-state index contributed by atoms with van der Waals surface area (Å²) in [5.41, 5.74) is 0. The topological polar surface area (TPSA) is 57.7 Å². The molecule has 0 spiro atoms. The standard InChI is InChI=1S/C16H21FN2O3S/c1-3-16(20)18(2)12-13-8-10-19(11-9-13)23(21,22)15-7-5-4-6-14(15)17/h3-7,13H,1,8-12H2,2H3. The van der Waals surface area contributed by atoms with Crippen LogP contribution in [0, 0.1) is 11.7 Å². The van der Waals surface area contributed by atoms with E-state index in [1.54, 1.807) is 11.9 Å². The second-order valence-corrected chi connectivity index (χ2v) is 7.61. The molecule has 1 heterocycles. The Balaban J connectivity index is 2.00. The van der Waals surface area contributed by atoms with Crippen molar-refractivity contribution in [3.63, 3.8) is 0 Å². The molecule has 1 fully saturated rings. The van der Waals surface area contributed by atoms with Crippen LogP contribution in [0.4, 0.5) is 4.39 Å². The number of carbonyl (C=O) groups excluding carboxylic acids is 1. The summed E-state index contributed by atoms with van der Waals surface area (Å²) in [5.74, 6) is -0.645. The first-order chi connectivity index (χ1) is 10.9. The Bertz CT molecular complexity index is 682. The molecule has 126 valence electrons. The first-order valence-electron chi connectivity index (χ1n) is 7.48. The van der Waals surface area contributed by atoms with Crippen LogP contribution in [-0.2, 0) is 14.8 Å². The Morgan fingerprint density at radius 3 is 2.57 bits per heavy atom. The Kier molecular flexibility index (Phi) is 5.54. The average molecular weight is 340 g/mol. The molecular formula is C16H21FN2O3S. The van der Waals surface area contributed by atoms with E-state index in [1.807, 2.05) is 0 Å². The number of piperidine rings is 1. The molecule has 1 aliphatic rings. The van der Waals surface area contributed by atoms with Gasteiger partial charge in [-0.1, -0.05) is 18.7 Å². The van der Waals surface area contributed by atoms with E-state index in [-0.39, 0.29) is 16.7 Å². The summed E-state index contributed by atoms with van der Waals surface area (Å²) >= 11 is 0. The molecule has 0 aromatic heterocycles. The van der Waals surface area contributed by atoms with E-state index in [1.165, 1.54) is 28.6 Å². The number of amides is 1. The maximum Gasteiger partial charge on any atom is 0.245 e. The molecule has 0 unspecified atom stereocenters. The fourth-order valence-corrected chi connectivity index (χ4v) is 4.29. The van der Waals surface area contributed by atoms with Crippen LogP contribution in [0.15, 0.2) is 41.8 Å². The normalized spacial score (nSPS) is 17.0. The molecule has 1 amide bonds. The van der Waals surface area contributed by atoms with E-state index in [0.717, 1.165) is 6.07 Å². The molecule has 0 bridgehead atoms. The molecule has 1 saturated heterocycles. The molecule has 0 saturated carbocycles. The molecule has 0 radical (unpaired) electrons. The first-order valence-corrected chi connectivity index (χ1v) is 8.92. The van der Waals surface area contributed by atoms with Gasteiger partial charge < -0.3 is 4.90 Å². The zero-order valence-electron chi connectivity index (χ0n) is 13.1. The average Bonchev–Trinajstić information content (AvgIpc) is 2.54. The van der Waals surface area contributed by atoms with Crippen LogP contribution >= 0.6 is 0 Å². The number of hydrogen-bond donors (Lipinski definition) is 0. The van der Waals surface area contributed by atoms with Gasteiger partial charge in [0, 0.05) is 26.7 Å². The minimum absolute atomic E-state index is 0.147. The lowest BCUT2D eigenvalue weighted by Gasteiger charge is -2.33. The lowest BCUT2D eigenvalue weighted by molar-refractivity contribution is -0.125. The Hall–Kier alpha value is -1.73. The number of benzene rings is 1. The van der Waals surface area contributed by atoms with Crippen molar-refractivity contribution in [2.45, 2.75) is 17.7 Å². The van der Waals surface area contributed by atoms with Crippen LogP contribution in [0.3, 0.4) is 0 Å². The van der Waals surface area contributed by atoms with E-state index >= 15 is 0 Å². The first kappa shape index (κ1) is 17.6. The molecule has 23 heavy (non-hydrogen) atoms. The van der Waals surface area contributed by atoms with Gasteiger partial charge in [0.2, 0.25) is 15.9 Å². The van der Waals surface area contributed by atoms with Gasteiger partial charge in [0.15, 0.2) is 0 Å². The highest BCUT2D eigenvalue weighted by Crippen LogP contribution is 2.25. The molecule has 0 N–H and O–H groups in total. The van der Waals surface area contributed by atoms with Gasteiger partial charge in [-0.25, -0.2) is 12.8 Å². The highest BCUT2D eigenvalue weighted by atomic mass is 32.2. The van der Waals surface area contributed by atoms with Crippen molar-refractivity contribution in [1.29, 1.82) is 0 Å². The highest BCUT2D eigenvalue weighted by Gasteiger charge is 2.31. The third-order valence-electron chi connectivity index (χ3n) is 4.11. The van der Waals surface area contributed by atoms with E-state index in [2.05, 4.69) is 6.58 Å². The van der Waals surface area contributed by atoms with Crippen molar-refractivity contribution in [2.24, 2.45) is 5.92 Å². The van der Waals surface area contributed by atoms with Crippen LogP contribution in [0.2, 0.25) is 0 Å². The minimum Gasteiger partial charge on any atom is -0.342 e. The van der Waals surface area contributed by atoms with Gasteiger partial charge >= 0.3 is 0 Å². The fraction of sp³-hybridized carbons (Fsp3) is 0.438. The summed E-state index contributed by atoms with van der Waals surface area (Å²) in [5, 5.41) is 0. The van der Waals surface area contributed by atoms with Gasteiger partial charge in [0.05, 0.1) is 0 Å². The lowest BCUT2D eigenvalue weighted by Crippen LogP contribution is -2.41. The summed E-state index contributed by atoms with van der Waals surface area (Å²) < 4.78 is 40.1. The van der Waals surface area contributed by atoms with Gasteiger partial charge in [-0.15, -0.1) is 0 Å². The van der Waals surface area contributed by atoms with Crippen LogP contribution < -0.4 is 0 Å². The van der Waals surface area contributed by atoms with Crippen molar-refractivity contribution < 1.29 is 17.6 Å². The molecule has 7 heteroatoms. The number of halogens is 1. The monoisotopic (exact) mass is 340 g/mol. The Morgan fingerprint density at radius 1 is 1.39 bits per heavy atom. The van der Waals surface area contributed by atoms with Gasteiger partial charge in [-0.05, 0) is 37.0 Å². The van der Waals surface area contributed by atoms with Crippen molar-refractivity contribution >= 4 is 15.9 Å². The van der Waals surface area contributed by atoms with Crippen LogP contribution in [0.1, 0.15) is 12.8 Å². The third-order valence-corrected chi connectivity index (χ3v) is 6.04. The molecule has 2 rings (SSSR count). The molecule has 1 aromatic carbocycles. The maximum atomic E-state index is 13.8. The van der Waals surface area contributed by atoms with Gasteiger partial charge in [-0.3, -0.25) is 4.79 Å². The Labute approximate surface area is 136 Å². The van der Waals surface area contributed by atoms with Crippen molar-refractivity contribution in [1.82, 2.24) is 9.21 Å². The highest BCUT2D eigenvalue weighted by molar-refractivity contribution is 7.89. The predicted molar refractivity (Wildman–Crippen MR) is 85.7 cm³/mol. The summed E-state index contributed by atoms with van der Waals surface area (Å²) in [4.78, 5) is 12.8. The van der Waals surface area contributed by atoms with Gasteiger partial charge in [-0.2, -0.15) is 4.31 Å². The summed E-state index contributed by atoms with van der Waals surface area (Å²) in [7, 11) is -2.10. The van der Waals surface area contributed by atoms with E-state index in [9.17, 15) is 17.6 Å². The molecule has 0 atom stereocenters. The van der Waals surface area contributed by atoms with Crippen LogP contribution in [0.25, 0.3) is 0 Å². The van der Waals surface area contributed by atoms with Crippen LogP contribution in [0.5, 0.6) is 0 Å². The fourth-order valence-electron chi connectivity index (χ4n) is 2.76. The largest absolute Gasteiger partial charge is 0.342 e. The summed E-state index contributed by atoms with van der Waals surface area (Å²) in [6.07, 6.45) is 2.54. The predicted octanol–water partition coefficient (Wildman–Crippen LogP) is 1.87. The second-order valence-electron chi connectivity index (χ2n) is 5.70. The molecule has 5 nitrogen and oxygen atoms in total. The van der Waals surface area contributed by atoms with Crippen molar-refractivity contribution in [3.8, 4) is 0 Å². The minimum atomic E-state index is -3.80. The molecular weight excluding hydrogens is 319 g/mol. The quantitative estimate of drug-likeness (QED) is 0.769. The molecule has 0 aliphatic carbocycles. The van der Waals surface area contributed by atoms with E-state index < -0.39 is 15.8 Å². The molecule has 1 aromatic rings. The maximum absolute atomic E-state index is 13.8. The summed E-state index contributed by atoms with van der Waals surface area (Å²) in [6, 6.07) is 5.41. The summed E-state index contributed by atoms with van der Waals surface area (Å²) in [6.45, 7) is 4.68. The lowest BCUT2D eigenvalue weighted by atomic mass is 9.97. The number of likely N-dealkylation sites (N-methyl/N-ethyl adjacent to an activating group) is 1. The number of sulfonamides is 1. The number of rotatable bonds is 5. The number of nitrogens with zero attached hydrogens (tertiary/aromatic N) is 2. The number of carbonyl (C=O) groups is 1. The smallest absolute Gasteiger partial charge is 0.245 e. The van der Waals surface area contributed by atoms with Crippen molar-refractivity contribution in [2.75, 3.05) is 26.7 Å². The van der Waals surface area contributed by atoms with Gasteiger partial charge in [0.1, 0.15) is 10.7 Å². The Morgan fingerprint density at radius 2 is 2.00 bits per heavy atom. The van der Waals surface area contributed by atoms with E-state index in [4.69, 9.17) is 0 Å². The SMILES string of the molecule is C=CC(=O)N(C)CC1CCN(S(=O)(=O)c2ccccc2F)CC1. The number of hydrogen-bond acceptors (Lipinski definition) is 3. The van der Waals surface area contributed by atoms with Gasteiger partial charge in [0.25, 0.3) is 0 Å². The van der Waals surface area contributed by atoms with E-state index in [0.29, 0.717) is 32.5 Å². The van der Waals surface area contributed by atoms with Crippen LogP contribution in [-0.4, -0.2) is 50.2 Å². The third kappa shape index (κ3) is 3.97. The molecule has 1 aliphatic heterocycles. The van der Waals surface area contributed by atoms with Crippen molar-refractivity contribution in [3.05, 3.63) is 42.7 Å². The second kappa shape index (κ2) is 7.23.